The molecule has 1 aliphatic rings. The predicted molar refractivity (Wildman–Crippen MR) is 104 cm³/mol. The highest BCUT2D eigenvalue weighted by Crippen LogP contribution is 2.41. The molecule has 6 nitrogen and oxygen atoms in total. The van der Waals surface area contributed by atoms with Crippen LogP contribution in [-0.4, -0.2) is 31.8 Å². The number of thiophene rings is 1. The van der Waals surface area contributed by atoms with Crippen molar-refractivity contribution < 1.29 is 19.8 Å². The number of hydrogen-bond acceptors (Lipinski definition) is 6. The van der Waals surface area contributed by atoms with Crippen molar-refractivity contribution in [1.82, 2.24) is 9.88 Å². The number of aromatic hydroxyl groups is 1. The molecular formula is C21H16N2O4S. The van der Waals surface area contributed by atoms with Gasteiger partial charge in [0.05, 0.1) is 16.5 Å². The number of aliphatic hydroxyl groups excluding tert-OH is 1. The summed E-state index contributed by atoms with van der Waals surface area (Å²) >= 11 is 1.24. The van der Waals surface area contributed by atoms with Crippen molar-refractivity contribution in [2.24, 2.45) is 0 Å². The number of carbonyl (C=O) groups excluding carboxylic acids is 2. The SMILES string of the molecule is O=C(C1=C(O)C(=O)N(Cc2ccncc2)C1c1cccc(O)c1)c1cccs1. The van der Waals surface area contributed by atoms with Crippen LogP contribution in [0.5, 0.6) is 5.75 Å². The van der Waals surface area contributed by atoms with Crippen LogP contribution >= 0.6 is 11.3 Å². The largest absolute Gasteiger partial charge is 0.508 e. The van der Waals surface area contributed by atoms with E-state index < -0.39 is 23.5 Å². The maximum absolute atomic E-state index is 13.1. The van der Waals surface area contributed by atoms with E-state index in [-0.39, 0.29) is 17.9 Å². The number of Topliss-reactive ketones (excluding diaryl/α,β-unsaturated/α-hetero) is 1. The number of pyridine rings is 1. The quantitative estimate of drug-likeness (QED) is 0.647. The second kappa shape index (κ2) is 7.28. The number of carbonyl (C=O) groups is 2. The second-order valence-electron chi connectivity index (χ2n) is 6.35. The predicted octanol–water partition coefficient (Wildman–Crippen LogP) is 3.63. The molecule has 7 heteroatoms. The van der Waals surface area contributed by atoms with Crippen LogP contribution in [0.4, 0.5) is 0 Å². The van der Waals surface area contributed by atoms with Gasteiger partial charge in [0.25, 0.3) is 5.91 Å². The third kappa shape index (κ3) is 3.16. The number of ketones is 1. The van der Waals surface area contributed by atoms with Crippen molar-refractivity contribution in [1.29, 1.82) is 0 Å². The second-order valence-corrected chi connectivity index (χ2v) is 7.30. The van der Waals surface area contributed by atoms with Gasteiger partial charge in [-0.1, -0.05) is 18.2 Å². The Balaban J connectivity index is 1.81. The number of benzene rings is 1. The Morgan fingerprint density at radius 2 is 1.89 bits per heavy atom. The smallest absolute Gasteiger partial charge is 0.290 e. The van der Waals surface area contributed by atoms with Crippen molar-refractivity contribution in [2.45, 2.75) is 12.6 Å². The number of phenols is 1. The van der Waals surface area contributed by atoms with Gasteiger partial charge >= 0.3 is 0 Å². The van der Waals surface area contributed by atoms with Gasteiger partial charge in [-0.15, -0.1) is 11.3 Å². The highest BCUT2D eigenvalue weighted by atomic mass is 32.1. The Labute approximate surface area is 165 Å². The topological polar surface area (TPSA) is 90.7 Å². The van der Waals surface area contributed by atoms with Crippen LogP contribution in [0.3, 0.4) is 0 Å². The maximum atomic E-state index is 13.1. The monoisotopic (exact) mass is 392 g/mol. The van der Waals surface area contributed by atoms with Crippen LogP contribution in [0.2, 0.25) is 0 Å². The molecule has 1 aliphatic heterocycles. The molecule has 1 unspecified atom stereocenters. The van der Waals surface area contributed by atoms with Gasteiger partial charge < -0.3 is 15.1 Å². The van der Waals surface area contributed by atoms with E-state index >= 15 is 0 Å². The standard InChI is InChI=1S/C21H16N2O4S/c24-15-4-1-3-14(11-15)18-17(19(25)16-5-2-10-28-16)20(26)21(27)23(18)12-13-6-8-22-9-7-13/h1-11,18,24,26H,12H2. The first-order valence-corrected chi connectivity index (χ1v) is 9.44. The van der Waals surface area contributed by atoms with Crippen molar-refractivity contribution in [3.8, 4) is 5.75 Å². The molecule has 4 rings (SSSR count). The molecule has 0 fully saturated rings. The van der Waals surface area contributed by atoms with E-state index in [1.54, 1.807) is 54.2 Å². The molecule has 3 aromatic rings. The molecular weight excluding hydrogens is 376 g/mol. The van der Waals surface area contributed by atoms with Gasteiger partial charge in [0, 0.05) is 18.9 Å². The summed E-state index contributed by atoms with van der Waals surface area (Å²) in [5.41, 5.74) is 1.38. The first-order valence-electron chi connectivity index (χ1n) is 8.56. The van der Waals surface area contributed by atoms with Crippen LogP contribution < -0.4 is 0 Å². The van der Waals surface area contributed by atoms with Crippen LogP contribution in [0.1, 0.15) is 26.8 Å². The number of hydrogen-bond donors (Lipinski definition) is 2. The van der Waals surface area contributed by atoms with E-state index in [9.17, 15) is 19.8 Å². The molecule has 0 saturated heterocycles. The molecule has 0 saturated carbocycles. The first-order chi connectivity index (χ1) is 13.6. The summed E-state index contributed by atoms with van der Waals surface area (Å²) in [6, 6.07) is 12.5. The summed E-state index contributed by atoms with van der Waals surface area (Å²) in [4.78, 5) is 31.8. The average molecular weight is 392 g/mol. The minimum absolute atomic E-state index is 0.0168. The fourth-order valence-electron chi connectivity index (χ4n) is 3.32. The third-order valence-electron chi connectivity index (χ3n) is 4.58. The average Bonchev–Trinajstić information content (AvgIpc) is 3.32. The number of aromatic nitrogens is 1. The Bertz CT molecular complexity index is 1060. The zero-order valence-electron chi connectivity index (χ0n) is 14.6. The minimum Gasteiger partial charge on any atom is -0.508 e. The lowest BCUT2D eigenvalue weighted by Crippen LogP contribution is -2.30. The van der Waals surface area contributed by atoms with Crippen LogP contribution in [-0.2, 0) is 11.3 Å². The molecule has 1 amide bonds. The van der Waals surface area contributed by atoms with Crippen molar-refractivity contribution in [2.75, 3.05) is 0 Å². The van der Waals surface area contributed by atoms with Gasteiger partial charge in [-0.3, -0.25) is 14.6 Å². The van der Waals surface area contributed by atoms with Crippen LogP contribution in [0.15, 0.2) is 77.6 Å². The van der Waals surface area contributed by atoms with Gasteiger partial charge in [0.1, 0.15) is 5.75 Å². The number of rotatable bonds is 5. The molecule has 0 aliphatic carbocycles. The normalized spacial score (nSPS) is 16.6. The summed E-state index contributed by atoms with van der Waals surface area (Å²) in [6.45, 7) is 0.187. The van der Waals surface area contributed by atoms with E-state index in [2.05, 4.69) is 4.98 Å². The van der Waals surface area contributed by atoms with Crippen LogP contribution in [0.25, 0.3) is 0 Å². The zero-order chi connectivity index (χ0) is 19.7. The first kappa shape index (κ1) is 17.9. The number of phenolic OH excluding ortho intramolecular Hbond substituents is 1. The number of aliphatic hydroxyl groups is 1. The van der Waals surface area contributed by atoms with Gasteiger partial charge in [-0.25, -0.2) is 0 Å². The Morgan fingerprint density at radius 1 is 1.11 bits per heavy atom. The molecule has 2 N–H and O–H groups in total. The van der Waals surface area contributed by atoms with Gasteiger partial charge in [0.2, 0.25) is 5.78 Å². The highest BCUT2D eigenvalue weighted by Gasteiger charge is 2.44. The lowest BCUT2D eigenvalue weighted by molar-refractivity contribution is -0.130. The summed E-state index contributed by atoms with van der Waals surface area (Å²) in [6.07, 6.45) is 3.23. The highest BCUT2D eigenvalue weighted by molar-refractivity contribution is 7.12. The van der Waals surface area contributed by atoms with Crippen LogP contribution in [0, 0.1) is 0 Å². The lowest BCUT2D eigenvalue weighted by atomic mass is 9.95. The molecule has 1 atom stereocenters. The fraction of sp³-hybridized carbons (Fsp3) is 0.0952. The Kier molecular flexibility index (Phi) is 4.67. The summed E-state index contributed by atoms with van der Waals surface area (Å²) in [5.74, 6) is -1.56. The van der Waals surface area contributed by atoms with E-state index in [1.807, 2.05) is 0 Å². The third-order valence-corrected chi connectivity index (χ3v) is 5.45. The molecule has 0 bridgehead atoms. The molecule has 140 valence electrons. The molecule has 2 aromatic heterocycles. The van der Waals surface area contributed by atoms with E-state index in [0.29, 0.717) is 10.4 Å². The minimum atomic E-state index is -0.803. The lowest BCUT2D eigenvalue weighted by Gasteiger charge is -2.27. The van der Waals surface area contributed by atoms with Crippen molar-refractivity contribution in [3.05, 3.63) is 93.6 Å². The molecule has 1 aromatic carbocycles. The Hall–Kier alpha value is -3.45. The summed E-state index contributed by atoms with van der Waals surface area (Å²) < 4.78 is 0. The Morgan fingerprint density at radius 3 is 2.57 bits per heavy atom. The van der Waals surface area contributed by atoms with Crippen molar-refractivity contribution in [3.63, 3.8) is 0 Å². The van der Waals surface area contributed by atoms with Gasteiger partial charge in [0.15, 0.2) is 5.76 Å². The molecule has 0 radical (unpaired) electrons. The molecule has 0 spiro atoms. The van der Waals surface area contributed by atoms with Gasteiger partial charge in [-0.05, 0) is 46.8 Å². The number of amides is 1. The molecule has 28 heavy (non-hydrogen) atoms. The number of nitrogens with zero attached hydrogens (tertiary/aromatic N) is 2. The van der Waals surface area contributed by atoms with E-state index in [4.69, 9.17) is 0 Å². The fourth-order valence-corrected chi connectivity index (χ4v) is 3.99. The summed E-state index contributed by atoms with van der Waals surface area (Å²) in [5, 5.41) is 22.3. The zero-order valence-corrected chi connectivity index (χ0v) is 15.5. The van der Waals surface area contributed by atoms with E-state index in [1.165, 1.54) is 28.4 Å². The van der Waals surface area contributed by atoms with E-state index in [0.717, 1.165) is 5.56 Å². The maximum Gasteiger partial charge on any atom is 0.290 e. The molecule has 3 heterocycles. The summed E-state index contributed by atoms with van der Waals surface area (Å²) in [7, 11) is 0. The van der Waals surface area contributed by atoms with Gasteiger partial charge in [-0.2, -0.15) is 0 Å². The van der Waals surface area contributed by atoms with Crippen molar-refractivity contribution >= 4 is 23.0 Å².